The van der Waals surface area contributed by atoms with Crippen molar-refractivity contribution in [1.29, 1.82) is 0 Å². The SMILES string of the molecule is CCOCCCNC(=O)N1CCN(CCOc2ccccc2)CC1. The molecule has 6 heteroatoms. The van der Waals surface area contributed by atoms with Gasteiger partial charge in [-0.1, -0.05) is 18.2 Å². The van der Waals surface area contributed by atoms with Crippen molar-refractivity contribution in [2.24, 2.45) is 0 Å². The second-order valence-corrected chi connectivity index (χ2v) is 5.77. The minimum absolute atomic E-state index is 0.0340. The lowest BCUT2D eigenvalue weighted by Gasteiger charge is -2.34. The summed E-state index contributed by atoms with van der Waals surface area (Å²) in [6.45, 7) is 8.95. The van der Waals surface area contributed by atoms with E-state index in [4.69, 9.17) is 9.47 Å². The van der Waals surface area contributed by atoms with Crippen LogP contribution in [0.2, 0.25) is 0 Å². The standard InChI is InChI=1S/C18H29N3O3/c1-2-23-15-6-9-19-18(22)21-12-10-20(11-13-21)14-16-24-17-7-4-3-5-8-17/h3-5,7-8H,2,6,9-16H2,1H3,(H,19,22). The van der Waals surface area contributed by atoms with Crippen LogP contribution < -0.4 is 10.1 Å². The number of urea groups is 1. The van der Waals surface area contributed by atoms with Crippen LogP contribution in [0.5, 0.6) is 5.75 Å². The van der Waals surface area contributed by atoms with Crippen LogP contribution in [0, 0.1) is 0 Å². The fraction of sp³-hybridized carbons (Fsp3) is 0.611. The number of carbonyl (C=O) groups is 1. The molecule has 0 aromatic heterocycles. The Morgan fingerprint density at radius 1 is 1.12 bits per heavy atom. The van der Waals surface area contributed by atoms with E-state index in [1.54, 1.807) is 0 Å². The van der Waals surface area contributed by atoms with Crippen LogP contribution >= 0.6 is 0 Å². The average molecular weight is 335 g/mol. The van der Waals surface area contributed by atoms with E-state index >= 15 is 0 Å². The molecule has 1 aromatic rings. The largest absolute Gasteiger partial charge is 0.492 e. The summed E-state index contributed by atoms with van der Waals surface area (Å²) in [5.74, 6) is 0.905. The number of hydrogen-bond donors (Lipinski definition) is 1. The number of amides is 2. The molecule has 0 saturated carbocycles. The first-order valence-electron chi connectivity index (χ1n) is 8.80. The zero-order chi connectivity index (χ0) is 17.0. The molecular formula is C18H29N3O3. The molecule has 0 spiro atoms. The second kappa shape index (κ2) is 10.9. The van der Waals surface area contributed by atoms with Crippen molar-refractivity contribution < 1.29 is 14.3 Å². The van der Waals surface area contributed by atoms with Gasteiger partial charge in [0.05, 0.1) is 0 Å². The molecule has 134 valence electrons. The molecule has 1 heterocycles. The zero-order valence-corrected chi connectivity index (χ0v) is 14.6. The summed E-state index contributed by atoms with van der Waals surface area (Å²) in [5.41, 5.74) is 0. The minimum atomic E-state index is 0.0340. The van der Waals surface area contributed by atoms with Gasteiger partial charge in [-0.15, -0.1) is 0 Å². The van der Waals surface area contributed by atoms with Crippen molar-refractivity contribution in [3.63, 3.8) is 0 Å². The molecule has 1 saturated heterocycles. The Kier molecular flexibility index (Phi) is 8.41. The number of para-hydroxylation sites is 1. The molecule has 1 aliphatic heterocycles. The highest BCUT2D eigenvalue weighted by molar-refractivity contribution is 5.74. The Hall–Kier alpha value is -1.79. The van der Waals surface area contributed by atoms with Gasteiger partial charge in [-0.25, -0.2) is 4.79 Å². The smallest absolute Gasteiger partial charge is 0.317 e. The maximum absolute atomic E-state index is 12.1. The van der Waals surface area contributed by atoms with Gasteiger partial charge >= 0.3 is 6.03 Å². The number of piperazine rings is 1. The normalized spacial score (nSPS) is 15.3. The molecule has 2 amide bonds. The van der Waals surface area contributed by atoms with Gasteiger partial charge < -0.3 is 19.7 Å². The van der Waals surface area contributed by atoms with Crippen molar-refractivity contribution in [3.05, 3.63) is 30.3 Å². The van der Waals surface area contributed by atoms with Gasteiger partial charge in [-0.3, -0.25) is 4.90 Å². The van der Waals surface area contributed by atoms with Crippen molar-refractivity contribution in [1.82, 2.24) is 15.1 Å². The molecule has 0 radical (unpaired) electrons. The van der Waals surface area contributed by atoms with Crippen LogP contribution in [0.3, 0.4) is 0 Å². The van der Waals surface area contributed by atoms with Gasteiger partial charge in [0, 0.05) is 52.5 Å². The van der Waals surface area contributed by atoms with E-state index in [0.29, 0.717) is 19.8 Å². The first-order valence-corrected chi connectivity index (χ1v) is 8.80. The molecule has 1 fully saturated rings. The number of nitrogens with zero attached hydrogens (tertiary/aromatic N) is 2. The summed E-state index contributed by atoms with van der Waals surface area (Å²) in [6.07, 6.45) is 0.858. The molecule has 0 aliphatic carbocycles. The molecule has 0 atom stereocenters. The predicted molar refractivity (Wildman–Crippen MR) is 94.5 cm³/mol. The Balaban J connectivity index is 1.55. The Bertz CT molecular complexity index is 462. The van der Waals surface area contributed by atoms with Crippen LogP contribution in [0.1, 0.15) is 13.3 Å². The summed E-state index contributed by atoms with van der Waals surface area (Å²) in [7, 11) is 0. The first kappa shape index (κ1) is 18.5. The highest BCUT2D eigenvalue weighted by Gasteiger charge is 2.20. The van der Waals surface area contributed by atoms with Crippen LogP contribution in [-0.4, -0.2) is 74.9 Å². The lowest BCUT2D eigenvalue weighted by atomic mass is 10.3. The molecule has 0 bridgehead atoms. The van der Waals surface area contributed by atoms with E-state index in [1.165, 1.54) is 0 Å². The summed E-state index contributed by atoms with van der Waals surface area (Å²) >= 11 is 0. The zero-order valence-electron chi connectivity index (χ0n) is 14.6. The Morgan fingerprint density at radius 2 is 1.88 bits per heavy atom. The Morgan fingerprint density at radius 3 is 2.58 bits per heavy atom. The monoisotopic (exact) mass is 335 g/mol. The number of benzene rings is 1. The fourth-order valence-corrected chi connectivity index (χ4v) is 2.61. The van der Waals surface area contributed by atoms with Crippen LogP contribution in [0.15, 0.2) is 30.3 Å². The predicted octanol–water partition coefficient (Wildman–Crippen LogP) is 1.82. The quantitative estimate of drug-likeness (QED) is 0.700. The number of ether oxygens (including phenoxy) is 2. The molecular weight excluding hydrogens is 306 g/mol. The van der Waals surface area contributed by atoms with Gasteiger partial charge in [-0.05, 0) is 25.5 Å². The van der Waals surface area contributed by atoms with E-state index in [0.717, 1.165) is 51.5 Å². The van der Waals surface area contributed by atoms with Crippen molar-refractivity contribution >= 4 is 6.03 Å². The van der Waals surface area contributed by atoms with Gasteiger partial charge in [-0.2, -0.15) is 0 Å². The molecule has 1 aliphatic rings. The minimum Gasteiger partial charge on any atom is -0.492 e. The molecule has 2 rings (SSSR count). The van der Waals surface area contributed by atoms with E-state index in [-0.39, 0.29) is 6.03 Å². The van der Waals surface area contributed by atoms with Crippen molar-refractivity contribution in [2.75, 3.05) is 59.1 Å². The van der Waals surface area contributed by atoms with Gasteiger partial charge in [0.25, 0.3) is 0 Å². The number of rotatable bonds is 9. The van der Waals surface area contributed by atoms with Crippen LogP contribution in [0.4, 0.5) is 4.79 Å². The Labute approximate surface area is 144 Å². The molecule has 24 heavy (non-hydrogen) atoms. The van der Waals surface area contributed by atoms with E-state index < -0.39 is 0 Å². The summed E-state index contributed by atoms with van der Waals surface area (Å²) in [5, 5.41) is 2.95. The topological polar surface area (TPSA) is 54.0 Å². The molecule has 6 nitrogen and oxygen atoms in total. The highest BCUT2D eigenvalue weighted by Crippen LogP contribution is 2.08. The highest BCUT2D eigenvalue weighted by atomic mass is 16.5. The maximum atomic E-state index is 12.1. The molecule has 1 aromatic carbocycles. The third kappa shape index (κ3) is 6.76. The third-order valence-corrected chi connectivity index (χ3v) is 4.02. The van der Waals surface area contributed by atoms with Gasteiger partial charge in [0.1, 0.15) is 12.4 Å². The average Bonchev–Trinajstić information content (AvgIpc) is 2.63. The third-order valence-electron chi connectivity index (χ3n) is 4.02. The molecule has 0 unspecified atom stereocenters. The number of carbonyl (C=O) groups excluding carboxylic acids is 1. The van der Waals surface area contributed by atoms with E-state index in [9.17, 15) is 4.79 Å². The fourth-order valence-electron chi connectivity index (χ4n) is 2.61. The summed E-state index contributed by atoms with van der Waals surface area (Å²) in [4.78, 5) is 16.3. The summed E-state index contributed by atoms with van der Waals surface area (Å²) < 4.78 is 11.0. The molecule has 1 N–H and O–H groups in total. The van der Waals surface area contributed by atoms with Crippen molar-refractivity contribution in [3.8, 4) is 5.75 Å². The lowest BCUT2D eigenvalue weighted by Crippen LogP contribution is -2.52. The van der Waals surface area contributed by atoms with Crippen LogP contribution in [-0.2, 0) is 4.74 Å². The van der Waals surface area contributed by atoms with E-state index in [1.807, 2.05) is 42.2 Å². The van der Waals surface area contributed by atoms with E-state index in [2.05, 4.69) is 10.2 Å². The first-order chi connectivity index (χ1) is 11.8. The van der Waals surface area contributed by atoms with Gasteiger partial charge in [0.15, 0.2) is 0 Å². The van der Waals surface area contributed by atoms with Crippen molar-refractivity contribution in [2.45, 2.75) is 13.3 Å². The van der Waals surface area contributed by atoms with Crippen LogP contribution in [0.25, 0.3) is 0 Å². The lowest BCUT2D eigenvalue weighted by molar-refractivity contribution is 0.124. The number of hydrogen-bond acceptors (Lipinski definition) is 4. The number of nitrogens with one attached hydrogen (secondary N) is 1. The summed E-state index contributed by atoms with van der Waals surface area (Å²) in [6, 6.07) is 9.89. The second-order valence-electron chi connectivity index (χ2n) is 5.77. The maximum Gasteiger partial charge on any atom is 0.317 e. The van der Waals surface area contributed by atoms with Gasteiger partial charge in [0.2, 0.25) is 0 Å².